The Labute approximate surface area is 98.8 Å². The molecular weight excluding hydrogens is 198 g/mol. The average molecular weight is 221 g/mol. The molecule has 1 aromatic rings. The number of unbranched alkanes of at least 4 members (excludes halogenated alkanes) is 3. The zero-order chi connectivity index (χ0) is 11.8. The van der Waals surface area contributed by atoms with Crippen LogP contribution in [0.2, 0.25) is 0 Å². The van der Waals surface area contributed by atoms with Gasteiger partial charge in [-0.15, -0.1) is 0 Å². The normalized spacial score (nSPS) is 12.4. The fourth-order valence-electron chi connectivity index (χ4n) is 1.70. The summed E-state index contributed by atoms with van der Waals surface area (Å²) in [6, 6.07) is 8.06. The highest BCUT2D eigenvalue weighted by molar-refractivity contribution is 5.35. The van der Waals surface area contributed by atoms with Crippen molar-refractivity contribution in [2.24, 2.45) is 5.73 Å². The molecule has 0 aromatic heterocycles. The standard InChI is InChI=1S/C14H23NO/c1-3-4-5-8-11-16-14-10-7-6-9-13(14)12(2)15/h6-7,9-10,12H,3-5,8,11,15H2,1-2H3/t12-/m1/s1. The molecule has 0 aliphatic carbocycles. The van der Waals surface area contributed by atoms with Crippen molar-refractivity contribution in [3.8, 4) is 5.75 Å². The van der Waals surface area contributed by atoms with Crippen LogP contribution in [0.15, 0.2) is 24.3 Å². The predicted octanol–water partition coefficient (Wildman–Crippen LogP) is 3.67. The van der Waals surface area contributed by atoms with E-state index in [2.05, 4.69) is 6.92 Å². The summed E-state index contributed by atoms with van der Waals surface area (Å²) in [4.78, 5) is 0. The number of hydrogen-bond donors (Lipinski definition) is 1. The van der Waals surface area contributed by atoms with Gasteiger partial charge in [-0.1, -0.05) is 44.4 Å². The van der Waals surface area contributed by atoms with Gasteiger partial charge in [0.2, 0.25) is 0 Å². The van der Waals surface area contributed by atoms with E-state index >= 15 is 0 Å². The molecule has 0 amide bonds. The van der Waals surface area contributed by atoms with Gasteiger partial charge in [-0.05, 0) is 19.4 Å². The lowest BCUT2D eigenvalue weighted by atomic mass is 10.1. The second-order valence-electron chi connectivity index (χ2n) is 4.24. The number of rotatable bonds is 7. The Morgan fingerprint density at radius 2 is 1.94 bits per heavy atom. The van der Waals surface area contributed by atoms with Gasteiger partial charge in [-0.25, -0.2) is 0 Å². The predicted molar refractivity (Wildman–Crippen MR) is 68.7 cm³/mol. The number of para-hydroxylation sites is 1. The summed E-state index contributed by atoms with van der Waals surface area (Å²) in [6.07, 6.45) is 4.92. The molecule has 16 heavy (non-hydrogen) atoms. The van der Waals surface area contributed by atoms with Crippen molar-refractivity contribution in [2.75, 3.05) is 6.61 Å². The van der Waals surface area contributed by atoms with Crippen molar-refractivity contribution in [3.05, 3.63) is 29.8 Å². The molecule has 2 nitrogen and oxygen atoms in total. The van der Waals surface area contributed by atoms with Gasteiger partial charge in [-0.3, -0.25) is 0 Å². The van der Waals surface area contributed by atoms with Crippen LogP contribution < -0.4 is 10.5 Å². The summed E-state index contributed by atoms with van der Waals surface area (Å²) in [6.45, 7) is 5.00. The van der Waals surface area contributed by atoms with Crippen LogP contribution in [0.4, 0.5) is 0 Å². The van der Waals surface area contributed by atoms with Crippen LogP contribution >= 0.6 is 0 Å². The lowest BCUT2D eigenvalue weighted by Crippen LogP contribution is -2.08. The molecule has 0 radical (unpaired) electrons. The minimum atomic E-state index is 0.0341. The van der Waals surface area contributed by atoms with E-state index < -0.39 is 0 Å². The highest BCUT2D eigenvalue weighted by atomic mass is 16.5. The summed E-state index contributed by atoms with van der Waals surface area (Å²) < 4.78 is 5.77. The first-order chi connectivity index (χ1) is 7.75. The van der Waals surface area contributed by atoms with Crippen LogP contribution in [0.3, 0.4) is 0 Å². The summed E-state index contributed by atoms with van der Waals surface area (Å²) in [5.41, 5.74) is 6.98. The number of benzene rings is 1. The molecule has 1 atom stereocenters. The van der Waals surface area contributed by atoms with Crippen LogP contribution in [0, 0.1) is 0 Å². The Balaban J connectivity index is 2.41. The molecular formula is C14H23NO. The number of nitrogens with two attached hydrogens (primary N) is 1. The fraction of sp³-hybridized carbons (Fsp3) is 0.571. The van der Waals surface area contributed by atoms with Gasteiger partial charge in [0.25, 0.3) is 0 Å². The Morgan fingerprint density at radius 3 is 2.62 bits per heavy atom. The van der Waals surface area contributed by atoms with Crippen LogP contribution in [0.1, 0.15) is 51.1 Å². The fourth-order valence-corrected chi connectivity index (χ4v) is 1.70. The smallest absolute Gasteiger partial charge is 0.124 e. The van der Waals surface area contributed by atoms with Crippen molar-refractivity contribution < 1.29 is 4.74 Å². The molecule has 0 unspecified atom stereocenters. The second kappa shape index (κ2) is 7.29. The summed E-state index contributed by atoms with van der Waals surface area (Å²) in [5.74, 6) is 0.939. The first kappa shape index (κ1) is 13.0. The quantitative estimate of drug-likeness (QED) is 0.713. The zero-order valence-corrected chi connectivity index (χ0v) is 10.4. The maximum atomic E-state index is 5.89. The van der Waals surface area contributed by atoms with E-state index in [1.807, 2.05) is 31.2 Å². The molecule has 1 aromatic carbocycles. The third kappa shape index (κ3) is 4.23. The maximum absolute atomic E-state index is 5.89. The molecule has 2 N–H and O–H groups in total. The van der Waals surface area contributed by atoms with E-state index in [4.69, 9.17) is 10.5 Å². The van der Waals surface area contributed by atoms with Gasteiger partial charge < -0.3 is 10.5 Å². The molecule has 0 fully saturated rings. The molecule has 0 aliphatic heterocycles. The van der Waals surface area contributed by atoms with Gasteiger partial charge >= 0.3 is 0 Å². The van der Waals surface area contributed by atoms with Crippen LogP contribution in [-0.2, 0) is 0 Å². The van der Waals surface area contributed by atoms with Crippen molar-refractivity contribution in [1.29, 1.82) is 0 Å². The first-order valence-corrected chi connectivity index (χ1v) is 6.23. The van der Waals surface area contributed by atoms with E-state index in [0.717, 1.165) is 24.3 Å². The van der Waals surface area contributed by atoms with E-state index in [-0.39, 0.29) is 6.04 Å². The Kier molecular flexibility index (Phi) is 5.94. The number of ether oxygens (including phenoxy) is 1. The molecule has 2 heteroatoms. The van der Waals surface area contributed by atoms with Crippen molar-refractivity contribution in [3.63, 3.8) is 0 Å². The Bertz CT molecular complexity index is 297. The topological polar surface area (TPSA) is 35.2 Å². The first-order valence-electron chi connectivity index (χ1n) is 6.23. The summed E-state index contributed by atoms with van der Waals surface area (Å²) in [5, 5.41) is 0. The second-order valence-corrected chi connectivity index (χ2v) is 4.24. The van der Waals surface area contributed by atoms with Crippen LogP contribution in [0.25, 0.3) is 0 Å². The highest BCUT2D eigenvalue weighted by Gasteiger charge is 2.06. The molecule has 90 valence electrons. The third-order valence-electron chi connectivity index (χ3n) is 2.67. The molecule has 1 rings (SSSR count). The third-order valence-corrected chi connectivity index (χ3v) is 2.67. The van der Waals surface area contributed by atoms with Gasteiger partial charge in [0.1, 0.15) is 5.75 Å². The Morgan fingerprint density at radius 1 is 1.19 bits per heavy atom. The van der Waals surface area contributed by atoms with E-state index in [9.17, 15) is 0 Å². The van der Waals surface area contributed by atoms with E-state index in [1.54, 1.807) is 0 Å². The lowest BCUT2D eigenvalue weighted by Gasteiger charge is -2.13. The SMILES string of the molecule is CCCCCCOc1ccccc1[C@@H](C)N. The molecule has 0 spiro atoms. The van der Waals surface area contributed by atoms with Crippen molar-refractivity contribution >= 4 is 0 Å². The largest absolute Gasteiger partial charge is 0.493 e. The molecule has 0 heterocycles. The van der Waals surface area contributed by atoms with Gasteiger partial charge in [0.05, 0.1) is 6.61 Å². The molecule has 0 aliphatic rings. The lowest BCUT2D eigenvalue weighted by molar-refractivity contribution is 0.301. The average Bonchev–Trinajstić information content (AvgIpc) is 2.29. The van der Waals surface area contributed by atoms with Gasteiger partial charge in [-0.2, -0.15) is 0 Å². The summed E-state index contributed by atoms with van der Waals surface area (Å²) >= 11 is 0. The van der Waals surface area contributed by atoms with Crippen molar-refractivity contribution in [1.82, 2.24) is 0 Å². The van der Waals surface area contributed by atoms with Crippen LogP contribution in [0.5, 0.6) is 5.75 Å². The molecule has 0 bridgehead atoms. The minimum Gasteiger partial charge on any atom is -0.493 e. The van der Waals surface area contributed by atoms with E-state index in [1.165, 1.54) is 19.3 Å². The van der Waals surface area contributed by atoms with Gasteiger partial charge in [0, 0.05) is 11.6 Å². The molecule has 0 saturated carbocycles. The molecule has 0 saturated heterocycles. The zero-order valence-electron chi connectivity index (χ0n) is 10.4. The summed E-state index contributed by atoms with van der Waals surface area (Å²) in [7, 11) is 0. The van der Waals surface area contributed by atoms with Crippen LogP contribution in [-0.4, -0.2) is 6.61 Å². The monoisotopic (exact) mass is 221 g/mol. The van der Waals surface area contributed by atoms with Gasteiger partial charge in [0.15, 0.2) is 0 Å². The maximum Gasteiger partial charge on any atom is 0.124 e. The van der Waals surface area contributed by atoms with Crippen molar-refractivity contribution in [2.45, 2.75) is 45.6 Å². The Hall–Kier alpha value is -1.02. The minimum absolute atomic E-state index is 0.0341. The highest BCUT2D eigenvalue weighted by Crippen LogP contribution is 2.23. The van der Waals surface area contributed by atoms with E-state index in [0.29, 0.717) is 0 Å². The number of hydrogen-bond acceptors (Lipinski definition) is 2.